The van der Waals surface area contributed by atoms with E-state index in [-0.39, 0.29) is 6.54 Å². The average molecular weight is 530 g/mol. The zero-order valence-electron chi connectivity index (χ0n) is 20.3. The van der Waals surface area contributed by atoms with E-state index in [1.807, 2.05) is 50.2 Å². The fraction of sp³-hybridized carbons (Fsp3) is 0.138. The second-order valence-electron chi connectivity index (χ2n) is 8.86. The second kappa shape index (κ2) is 10.3. The molecule has 1 aromatic heterocycles. The van der Waals surface area contributed by atoms with Crippen LogP contribution in [-0.2, 0) is 16.1 Å². The van der Waals surface area contributed by atoms with Crippen molar-refractivity contribution in [3.63, 3.8) is 0 Å². The van der Waals surface area contributed by atoms with Gasteiger partial charge >= 0.3 is 0 Å². The number of amides is 3. The Bertz CT molecular complexity index is 1580. The molecule has 0 radical (unpaired) electrons. The molecule has 8 heteroatoms. The minimum absolute atomic E-state index is 0.294. The Morgan fingerprint density at radius 3 is 2.51 bits per heavy atom. The maximum atomic E-state index is 13.2. The van der Waals surface area contributed by atoms with Crippen LogP contribution in [0.4, 0.5) is 10.5 Å². The maximum absolute atomic E-state index is 13.2. The number of fused-ring (bicyclic) bond motifs is 1. The van der Waals surface area contributed by atoms with E-state index in [2.05, 4.69) is 28.1 Å². The van der Waals surface area contributed by atoms with Crippen molar-refractivity contribution in [2.75, 3.05) is 11.9 Å². The topological polar surface area (TPSA) is 71.4 Å². The monoisotopic (exact) mass is 529 g/mol. The molecule has 3 aromatic carbocycles. The van der Waals surface area contributed by atoms with Crippen LogP contribution >= 0.6 is 23.4 Å². The first-order valence-corrected chi connectivity index (χ1v) is 12.9. The summed E-state index contributed by atoms with van der Waals surface area (Å²) in [6, 6.07) is 23.3. The smallest absolute Gasteiger partial charge is 0.294 e. The predicted octanol–water partition coefficient (Wildman–Crippen LogP) is 6.63. The van der Waals surface area contributed by atoms with E-state index in [0.717, 1.165) is 44.4 Å². The third-order valence-corrected chi connectivity index (χ3v) is 7.53. The maximum Gasteiger partial charge on any atom is 0.294 e. The molecule has 3 amide bonds. The van der Waals surface area contributed by atoms with Crippen molar-refractivity contribution in [1.82, 2.24) is 9.47 Å². The molecule has 1 aliphatic heterocycles. The molecule has 0 bridgehead atoms. The highest BCUT2D eigenvalue weighted by atomic mass is 35.5. The molecule has 1 N–H and O–H groups in total. The summed E-state index contributed by atoms with van der Waals surface area (Å²) in [5.41, 5.74) is 5.46. The van der Waals surface area contributed by atoms with Crippen molar-refractivity contribution < 1.29 is 14.4 Å². The van der Waals surface area contributed by atoms with Gasteiger partial charge in [0.05, 0.1) is 4.91 Å². The summed E-state index contributed by atoms with van der Waals surface area (Å²) in [6.07, 6.45) is 1.77. The van der Waals surface area contributed by atoms with Gasteiger partial charge in [-0.05, 0) is 61.0 Å². The number of nitrogens with one attached hydrogen (secondary N) is 1. The molecule has 37 heavy (non-hydrogen) atoms. The van der Waals surface area contributed by atoms with Crippen molar-refractivity contribution in [2.45, 2.75) is 20.4 Å². The fourth-order valence-corrected chi connectivity index (χ4v) is 5.43. The Morgan fingerprint density at radius 1 is 1.00 bits per heavy atom. The quantitative estimate of drug-likeness (QED) is 0.284. The number of aryl methyl sites for hydroxylation is 1. The van der Waals surface area contributed by atoms with Gasteiger partial charge in [-0.3, -0.25) is 19.3 Å². The Labute approximate surface area is 223 Å². The second-order valence-corrected chi connectivity index (χ2v) is 10.3. The van der Waals surface area contributed by atoms with Gasteiger partial charge < -0.3 is 9.88 Å². The van der Waals surface area contributed by atoms with Gasteiger partial charge in [0.2, 0.25) is 5.91 Å². The highest BCUT2D eigenvalue weighted by Gasteiger charge is 2.36. The third-order valence-electron chi connectivity index (χ3n) is 6.39. The summed E-state index contributed by atoms with van der Waals surface area (Å²) in [7, 11) is 0. The lowest BCUT2D eigenvalue weighted by Crippen LogP contribution is -2.36. The van der Waals surface area contributed by atoms with Gasteiger partial charge in [0.1, 0.15) is 6.54 Å². The average Bonchev–Trinajstić information content (AvgIpc) is 3.30. The molecule has 6 nitrogen and oxygen atoms in total. The van der Waals surface area contributed by atoms with Gasteiger partial charge in [0, 0.05) is 39.4 Å². The zero-order chi connectivity index (χ0) is 26.1. The minimum atomic E-state index is -0.479. The first kappa shape index (κ1) is 24.9. The summed E-state index contributed by atoms with van der Waals surface area (Å²) in [5.74, 6) is -0.947. The molecule has 0 aliphatic carbocycles. The van der Waals surface area contributed by atoms with Gasteiger partial charge in [0.15, 0.2) is 0 Å². The number of anilines is 1. The third kappa shape index (κ3) is 5.05. The van der Waals surface area contributed by atoms with E-state index in [0.29, 0.717) is 22.2 Å². The van der Waals surface area contributed by atoms with Crippen LogP contribution < -0.4 is 5.32 Å². The minimum Gasteiger partial charge on any atom is -0.340 e. The van der Waals surface area contributed by atoms with Crippen LogP contribution in [-0.4, -0.2) is 33.1 Å². The summed E-state index contributed by atoms with van der Waals surface area (Å²) >= 11 is 6.88. The summed E-state index contributed by atoms with van der Waals surface area (Å²) in [4.78, 5) is 39.8. The van der Waals surface area contributed by atoms with Crippen molar-refractivity contribution in [1.29, 1.82) is 0 Å². The molecule has 0 saturated carbocycles. The lowest BCUT2D eigenvalue weighted by atomic mass is 10.1. The number of carbonyl (C=O) groups is 3. The number of hydrogen-bond donors (Lipinski definition) is 1. The van der Waals surface area contributed by atoms with Crippen LogP contribution in [0.15, 0.2) is 77.7 Å². The Morgan fingerprint density at radius 2 is 1.73 bits per heavy atom. The number of aromatic nitrogens is 1. The molecule has 1 saturated heterocycles. The highest BCUT2D eigenvalue weighted by molar-refractivity contribution is 8.18. The standard InChI is InChI=1S/C29H24ClN3O3S/c1-18-12-13-21(30)14-24(18)31-27(34)17-33-28(35)26(37-29(33)36)15-23-19(2)32(16-20-8-4-3-5-9-20)25-11-7-6-10-22(23)25/h3-15H,16-17H2,1-2H3,(H,31,34)/b26-15-. The van der Waals surface area contributed by atoms with Gasteiger partial charge in [-0.15, -0.1) is 0 Å². The van der Waals surface area contributed by atoms with Crippen LogP contribution in [0.25, 0.3) is 17.0 Å². The molecule has 5 rings (SSSR count). The number of para-hydroxylation sites is 1. The predicted molar refractivity (Wildman–Crippen MR) is 150 cm³/mol. The molecule has 4 aromatic rings. The van der Waals surface area contributed by atoms with Crippen molar-refractivity contribution in [2.24, 2.45) is 0 Å². The number of halogens is 1. The van der Waals surface area contributed by atoms with Crippen LogP contribution in [0.3, 0.4) is 0 Å². The molecule has 0 unspecified atom stereocenters. The molecule has 1 fully saturated rings. The van der Waals surface area contributed by atoms with Gasteiger partial charge in [-0.25, -0.2) is 0 Å². The molecule has 186 valence electrons. The van der Waals surface area contributed by atoms with E-state index in [4.69, 9.17) is 11.6 Å². The normalized spacial score (nSPS) is 14.7. The van der Waals surface area contributed by atoms with Crippen LogP contribution in [0.1, 0.15) is 22.4 Å². The molecular weight excluding hydrogens is 506 g/mol. The van der Waals surface area contributed by atoms with Gasteiger partial charge in [-0.1, -0.05) is 66.2 Å². The first-order chi connectivity index (χ1) is 17.8. The van der Waals surface area contributed by atoms with Gasteiger partial charge in [-0.2, -0.15) is 0 Å². The lowest BCUT2D eigenvalue weighted by Gasteiger charge is -2.13. The van der Waals surface area contributed by atoms with E-state index < -0.39 is 17.1 Å². The lowest BCUT2D eigenvalue weighted by molar-refractivity contribution is -0.127. The zero-order valence-corrected chi connectivity index (χ0v) is 21.9. The van der Waals surface area contributed by atoms with Crippen molar-refractivity contribution in [3.05, 3.63) is 105 Å². The SMILES string of the molecule is Cc1ccc(Cl)cc1NC(=O)CN1C(=O)S/C(=C\c2c(C)n(Cc3ccccc3)c3ccccc23)C1=O. The Kier molecular flexibility index (Phi) is 6.91. The Balaban J connectivity index is 1.41. The number of carbonyl (C=O) groups excluding carboxylic acids is 3. The van der Waals surface area contributed by atoms with E-state index in [1.165, 1.54) is 5.56 Å². The van der Waals surface area contributed by atoms with E-state index in [9.17, 15) is 14.4 Å². The van der Waals surface area contributed by atoms with Gasteiger partial charge in [0.25, 0.3) is 11.1 Å². The molecule has 0 spiro atoms. The van der Waals surface area contributed by atoms with Crippen molar-refractivity contribution in [3.8, 4) is 0 Å². The number of rotatable bonds is 6. The molecule has 0 atom stereocenters. The largest absolute Gasteiger partial charge is 0.340 e. The van der Waals surface area contributed by atoms with Crippen LogP contribution in [0.5, 0.6) is 0 Å². The van der Waals surface area contributed by atoms with Crippen molar-refractivity contribution >= 4 is 63.1 Å². The van der Waals surface area contributed by atoms with Crippen LogP contribution in [0, 0.1) is 13.8 Å². The molecule has 2 heterocycles. The Hall–Kier alpha value is -3.81. The first-order valence-electron chi connectivity index (χ1n) is 11.7. The summed E-state index contributed by atoms with van der Waals surface area (Å²) in [6.45, 7) is 4.17. The molecular formula is C29H24ClN3O3S. The number of hydrogen-bond acceptors (Lipinski definition) is 4. The van der Waals surface area contributed by atoms with E-state index >= 15 is 0 Å². The highest BCUT2D eigenvalue weighted by Crippen LogP contribution is 2.36. The fourth-order valence-electron chi connectivity index (χ4n) is 4.44. The number of imide groups is 1. The summed E-state index contributed by atoms with van der Waals surface area (Å²) in [5, 5.41) is 3.75. The number of nitrogens with zero attached hydrogens (tertiary/aromatic N) is 2. The number of benzene rings is 3. The van der Waals surface area contributed by atoms with E-state index in [1.54, 1.807) is 24.3 Å². The molecule has 1 aliphatic rings. The number of thioether (sulfide) groups is 1. The summed E-state index contributed by atoms with van der Waals surface area (Å²) < 4.78 is 2.21. The van der Waals surface area contributed by atoms with Crippen LogP contribution in [0.2, 0.25) is 5.02 Å².